The molecule has 1 atom stereocenters. The van der Waals surface area contributed by atoms with Gasteiger partial charge in [0, 0.05) is 18.6 Å². The number of hydrogen-bond donors (Lipinski definition) is 1. The molecular formula is C15H17N3O. The summed E-state index contributed by atoms with van der Waals surface area (Å²) in [6, 6.07) is 10.2. The summed E-state index contributed by atoms with van der Waals surface area (Å²) in [4.78, 5) is 0. The van der Waals surface area contributed by atoms with E-state index in [0.717, 1.165) is 28.0 Å². The average Bonchev–Trinajstić information content (AvgIpc) is 2.98. The highest BCUT2D eigenvalue weighted by Gasteiger charge is 2.19. The quantitative estimate of drug-likeness (QED) is 0.782. The fourth-order valence-corrected chi connectivity index (χ4v) is 2.39. The highest BCUT2D eigenvalue weighted by atomic mass is 16.3. The zero-order valence-electron chi connectivity index (χ0n) is 11.3. The number of para-hydroxylation sites is 1. The van der Waals surface area contributed by atoms with E-state index < -0.39 is 0 Å². The van der Waals surface area contributed by atoms with Crippen LogP contribution < -0.4 is 5.32 Å². The monoisotopic (exact) mass is 255 g/mol. The molecule has 4 nitrogen and oxygen atoms in total. The largest absolute Gasteiger partial charge is 0.459 e. The summed E-state index contributed by atoms with van der Waals surface area (Å²) in [5.74, 6) is 0.894. The van der Waals surface area contributed by atoms with E-state index in [1.54, 1.807) is 4.68 Å². The topological polar surface area (TPSA) is 43.0 Å². The Labute approximate surface area is 112 Å². The van der Waals surface area contributed by atoms with Crippen LogP contribution in [0.25, 0.3) is 11.0 Å². The van der Waals surface area contributed by atoms with Crippen molar-refractivity contribution in [3.63, 3.8) is 0 Å². The van der Waals surface area contributed by atoms with Crippen molar-refractivity contribution in [3.05, 3.63) is 53.5 Å². The molecule has 0 amide bonds. The van der Waals surface area contributed by atoms with E-state index in [9.17, 15) is 0 Å². The SMILES string of the molecule is CNC(c1ccn(C)n1)c1cc2cccc(C)c2o1. The molecular weight excluding hydrogens is 238 g/mol. The molecule has 1 unspecified atom stereocenters. The maximum absolute atomic E-state index is 6.00. The van der Waals surface area contributed by atoms with Crippen LogP contribution >= 0.6 is 0 Å². The molecule has 0 saturated carbocycles. The van der Waals surface area contributed by atoms with Gasteiger partial charge >= 0.3 is 0 Å². The smallest absolute Gasteiger partial charge is 0.137 e. The summed E-state index contributed by atoms with van der Waals surface area (Å²) in [7, 11) is 3.83. The van der Waals surface area contributed by atoms with Crippen LogP contribution in [0.3, 0.4) is 0 Å². The molecule has 3 rings (SSSR count). The van der Waals surface area contributed by atoms with Gasteiger partial charge in [0.2, 0.25) is 0 Å². The molecule has 2 heterocycles. The molecule has 19 heavy (non-hydrogen) atoms. The Bertz CT molecular complexity index is 711. The molecule has 98 valence electrons. The van der Waals surface area contributed by atoms with E-state index in [1.165, 1.54) is 0 Å². The first kappa shape index (κ1) is 12.0. The molecule has 0 spiro atoms. The molecule has 0 bridgehead atoms. The molecule has 2 aromatic heterocycles. The van der Waals surface area contributed by atoms with Crippen LogP contribution in [0.5, 0.6) is 0 Å². The van der Waals surface area contributed by atoms with Gasteiger partial charge in [-0.2, -0.15) is 5.10 Å². The molecule has 0 aliphatic rings. The van der Waals surface area contributed by atoms with Gasteiger partial charge in [0.15, 0.2) is 0 Å². The van der Waals surface area contributed by atoms with Crippen molar-refractivity contribution in [2.75, 3.05) is 7.05 Å². The van der Waals surface area contributed by atoms with Gasteiger partial charge in [-0.25, -0.2) is 0 Å². The Hall–Kier alpha value is -2.07. The second kappa shape index (κ2) is 4.55. The number of aromatic nitrogens is 2. The van der Waals surface area contributed by atoms with Gasteiger partial charge in [-0.1, -0.05) is 18.2 Å². The summed E-state index contributed by atoms with van der Waals surface area (Å²) in [5.41, 5.74) is 3.06. The standard InChI is InChI=1S/C15H17N3O/c1-10-5-4-6-11-9-13(19-15(10)11)14(16-2)12-7-8-18(3)17-12/h4-9,14,16H,1-3H3. The van der Waals surface area contributed by atoms with Crippen LogP contribution in [0.1, 0.15) is 23.1 Å². The molecule has 0 aliphatic heterocycles. The first-order valence-corrected chi connectivity index (χ1v) is 6.35. The minimum Gasteiger partial charge on any atom is -0.459 e. The van der Waals surface area contributed by atoms with Gasteiger partial charge in [-0.3, -0.25) is 4.68 Å². The Kier molecular flexibility index (Phi) is 2.87. The first-order valence-electron chi connectivity index (χ1n) is 6.35. The van der Waals surface area contributed by atoms with Crippen molar-refractivity contribution < 1.29 is 4.42 Å². The van der Waals surface area contributed by atoms with Crippen molar-refractivity contribution in [3.8, 4) is 0 Å². The predicted molar refractivity (Wildman–Crippen MR) is 75.1 cm³/mol. The number of benzene rings is 1. The highest BCUT2D eigenvalue weighted by molar-refractivity contribution is 5.81. The van der Waals surface area contributed by atoms with E-state index in [1.807, 2.05) is 32.4 Å². The summed E-state index contributed by atoms with van der Waals surface area (Å²) in [6.07, 6.45) is 1.94. The van der Waals surface area contributed by atoms with Crippen LogP contribution in [0, 0.1) is 6.92 Å². The summed E-state index contributed by atoms with van der Waals surface area (Å²) in [5, 5.41) is 8.83. The van der Waals surface area contributed by atoms with E-state index in [4.69, 9.17) is 4.42 Å². The molecule has 3 aromatic rings. The second-order valence-corrected chi connectivity index (χ2v) is 4.78. The number of nitrogens with zero attached hydrogens (tertiary/aromatic N) is 2. The van der Waals surface area contributed by atoms with Crippen molar-refractivity contribution in [1.29, 1.82) is 0 Å². The Morgan fingerprint density at radius 1 is 1.32 bits per heavy atom. The summed E-state index contributed by atoms with van der Waals surface area (Å²) >= 11 is 0. The number of fused-ring (bicyclic) bond motifs is 1. The highest BCUT2D eigenvalue weighted by Crippen LogP contribution is 2.28. The Morgan fingerprint density at radius 2 is 2.16 bits per heavy atom. The summed E-state index contributed by atoms with van der Waals surface area (Å²) < 4.78 is 7.80. The van der Waals surface area contributed by atoms with Gasteiger partial charge in [-0.15, -0.1) is 0 Å². The number of nitrogens with one attached hydrogen (secondary N) is 1. The molecule has 0 fully saturated rings. The zero-order chi connectivity index (χ0) is 13.4. The van der Waals surface area contributed by atoms with Gasteiger partial charge in [0.1, 0.15) is 17.4 Å². The molecule has 0 radical (unpaired) electrons. The first-order chi connectivity index (χ1) is 9.19. The van der Waals surface area contributed by atoms with Crippen LogP contribution in [-0.4, -0.2) is 16.8 Å². The Balaban J connectivity index is 2.09. The number of aryl methyl sites for hydroxylation is 2. The van der Waals surface area contributed by atoms with E-state index in [0.29, 0.717) is 0 Å². The van der Waals surface area contributed by atoms with E-state index in [2.05, 4.69) is 35.5 Å². The third-order valence-electron chi connectivity index (χ3n) is 3.36. The lowest BCUT2D eigenvalue weighted by molar-refractivity contribution is 0.481. The van der Waals surface area contributed by atoms with E-state index in [-0.39, 0.29) is 6.04 Å². The molecule has 0 aliphatic carbocycles. The zero-order valence-corrected chi connectivity index (χ0v) is 11.3. The van der Waals surface area contributed by atoms with E-state index >= 15 is 0 Å². The van der Waals surface area contributed by atoms with Gasteiger partial charge in [0.25, 0.3) is 0 Å². The fraction of sp³-hybridized carbons (Fsp3) is 0.267. The van der Waals surface area contributed by atoms with Crippen LogP contribution in [0.15, 0.2) is 40.9 Å². The molecule has 1 N–H and O–H groups in total. The molecule has 0 saturated heterocycles. The van der Waals surface area contributed by atoms with Gasteiger partial charge in [0.05, 0.1) is 5.69 Å². The van der Waals surface area contributed by atoms with Crippen LogP contribution in [-0.2, 0) is 7.05 Å². The third kappa shape index (κ3) is 2.04. The fourth-order valence-electron chi connectivity index (χ4n) is 2.39. The lowest BCUT2D eigenvalue weighted by Crippen LogP contribution is -2.17. The minimum absolute atomic E-state index is 0.0204. The van der Waals surface area contributed by atoms with Crippen LogP contribution in [0.2, 0.25) is 0 Å². The average molecular weight is 255 g/mol. The number of hydrogen-bond acceptors (Lipinski definition) is 3. The van der Waals surface area contributed by atoms with Crippen molar-refractivity contribution in [2.45, 2.75) is 13.0 Å². The van der Waals surface area contributed by atoms with Crippen LogP contribution in [0.4, 0.5) is 0 Å². The minimum atomic E-state index is -0.0204. The predicted octanol–water partition coefficient (Wildman–Crippen LogP) is 2.78. The second-order valence-electron chi connectivity index (χ2n) is 4.78. The van der Waals surface area contributed by atoms with Crippen molar-refractivity contribution >= 4 is 11.0 Å². The number of furan rings is 1. The van der Waals surface area contributed by atoms with Gasteiger partial charge < -0.3 is 9.73 Å². The normalized spacial score (nSPS) is 13.0. The molecule has 1 aromatic carbocycles. The third-order valence-corrected chi connectivity index (χ3v) is 3.36. The molecule has 4 heteroatoms. The number of rotatable bonds is 3. The van der Waals surface area contributed by atoms with Crippen molar-refractivity contribution in [2.24, 2.45) is 7.05 Å². The maximum Gasteiger partial charge on any atom is 0.137 e. The Morgan fingerprint density at radius 3 is 2.79 bits per heavy atom. The summed E-state index contributed by atoms with van der Waals surface area (Å²) in [6.45, 7) is 2.06. The maximum atomic E-state index is 6.00. The van der Waals surface area contributed by atoms with Gasteiger partial charge in [-0.05, 0) is 31.7 Å². The lowest BCUT2D eigenvalue weighted by atomic mass is 10.1. The van der Waals surface area contributed by atoms with Crippen molar-refractivity contribution in [1.82, 2.24) is 15.1 Å². The lowest BCUT2D eigenvalue weighted by Gasteiger charge is -2.10.